The lowest BCUT2D eigenvalue weighted by Gasteiger charge is -2.03. The molecule has 0 aliphatic carbocycles. The van der Waals surface area contributed by atoms with E-state index in [0.717, 1.165) is 12.2 Å². The molecule has 1 aromatic rings. The molecule has 0 unspecified atom stereocenters. The molecule has 0 aromatic heterocycles. The van der Waals surface area contributed by atoms with Crippen LogP contribution < -0.4 is 4.74 Å². The predicted molar refractivity (Wildman–Crippen MR) is 50.7 cm³/mol. The van der Waals surface area contributed by atoms with Gasteiger partial charge in [-0.1, -0.05) is 12.1 Å². The first-order valence-electron chi connectivity index (χ1n) is 4.37. The normalized spacial score (nSPS) is 9.62. The molecule has 13 heavy (non-hydrogen) atoms. The van der Waals surface area contributed by atoms with Gasteiger partial charge in [0.2, 0.25) is 0 Å². The minimum absolute atomic E-state index is 0.213. The van der Waals surface area contributed by atoms with Crippen molar-refractivity contribution in [3.63, 3.8) is 0 Å². The maximum Gasteiger partial charge on any atom is 0.129 e. The van der Waals surface area contributed by atoms with Crippen LogP contribution in [0.2, 0.25) is 0 Å². The van der Waals surface area contributed by atoms with Gasteiger partial charge in [0.15, 0.2) is 0 Å². The molecule has 1 radical (unpaired) electrons. The number of hydrogen-bond donors (Lipinski definition) is 0. The van der Waals surface area contributed by atoms with Gasteiger partial charge in [0, 0.05) is 6.42 Å². The zero-order valence-electron chi connectivity index (χ0n) is 7.75. The molecule has 0 N–H and O–H groups in total. The van der Waals surface area contributed by atoms with Crippen molar-refractivity contribution in [2.75, 3.05) is 6.61 Å². The number of benzene rings is 1. The Balaban J connectivity index is 2.17. The molecule has 0 atom stereocenters. The second-order valence-corrected chi connectivity index (χ2v) is 2.89. The summed E-state index contributed by atoms with van der Waals surface area (Å²) in [4.78, 5) is 10.6. The molecule has 0 saturated heterocycles. The summed E-state index contributed by atoms with van der Waals surface area (Å²) in [6.45, 7) is 2.20. The number of carbonyl (C=O) groups is 1. The summed E-state index contributed by atoms with van der Waals surface area (Å²) >= 11 is 0. The molecular formula is C11H13O2. The fraction of sp³-hybridized carbons (Fsp3) is 0.364. The van der Waals surface area contributed by atoms with Gasteiger partial charge in [0.25, 0.3) is 0 Å². The number of rotatable bonds is 5. The van der Waals surface area contributed by atoms with Gasteiger partial charge in [-0.3, -0.25) is 0 Å². The highest BCUT2D eigenvalue weighted by Crippen LogP contribution is 2.08. The van der Waals surface area contributed by atoms with Crippen LogP contribution in [0.1, 0.15) is 19.8 Å². The minimum atomic E-state index is 0.213. The zero-order valence-corrected chi connectivity index (χ0v) is 7.75. The first-order valence-corrected chi connectivity index (χ1v) is 4.37. The van der Waals surface area contributed by atoms with E-state index in [4.69, 9.17) is 4.74 Å². The number of ether oxygens (including phenoxy) is 1. The van der Waals surface area contributed by atoms with E-state index in [1.807, 2.05) is 12.1 Å². The van der Waals surface area contributed by atoms with Gasteiger partial charge >= 0.3 is 0 Å². The van der Waals surface area contributed by atoms with E-state index >= 15 is 0 Å². The Morgan fingerprint density at radius 3 is 2.77 bits per heavy atom. The third-order valence-corrected chi connectivity index (χ3v) is 1.63. The lowest BCUT2D eigenvalue weighted by Crippen LogP contribution is -2.00. The van der Waals surface area contributed by atoms with Crippen molar-refractivity contribution >= 4 is 5.78 Å². The van der Waals surface area contributed by atoms with E-state index in [2.05, 4.69) is 6.07 Å². The predicted octanol–water partition coefficient (Wildman–Crippen LogP) is 2.23. The molecule has 0 fully saturated rings. The van der Waals surface area contributed by atoms with E-state index in [-0.39, 0.29) is 5.78 Å². The number of ketones is 1. The molecule has 0 amide bonds. The van der Waals surface area contributed by atoms with Crippen LogP contribution in [-0.2, 0) is 4.79 Å². The Morgan fingerprint density at radius 1 is 1.46 bits per heavy atom. The van der Waals surface area contributed by atoms with Crippen molar-refractivity contribution in [2.24, 2.45) is 0 Å². The van der Waals surface area contributed by atoms with E-state index < -0.39 is 0 Å². The maximum absolute atomic E-state index is 10.6. The first-order chi connectivity index (χ1) is 6.29. The second kappa shape index (κ2) is 5.36. The third-order valence-electron chi connectivity index (χ3n) is 1.63. The van der Waals surface area contributed by atoms with Crippen molar-refractivity contribution < 1.29 is 9.53 Å². The molecule has 0 bridgehead atoms. The van der Waals surface area contributed by atoms with Crippen LogP contribution in [0, 0.1) is 6.07 Å². The Hall–Kier alpha value is -1.31. The summed E-state index contributed by atoms with van der Waals surface area (Å²) in [5.74, 6) is 1.05. The summed E-state index contributed by atoms with van der Waals surface area (Å²) in [6.07, 6.45) is 1.38. The lowest BCUT2D eigenvalue weighted by molar-refractivity contribution is -0.117. The number of carbonyl (C=O) groups excluding carboxylic acids is 1. The summed E-state index contributed by atoms with van der Waals surface area (Å²) in [5.41, 5.74) is 0. The van der Waals surface area contributed by atoms with Gasteiger partial charge in [0.1, 0.15) is 11.5 Å². The van der Waals surface area contributed by atoms with E-state index in [9.17, 15) is 4.79 Å². The molecule has 0 aliphatic rings. The van der Waals surface area contributed by atoms with Crippen LogP contribution >= 0.6 is 0 Å². The Morgan fingerprint density at radius 2 is 2.15 bits per heavy atom. The standard InChI is InChI=1S/C11H13O2/c1-10(12)6-5-9-13-11-7-3-2-4-8-11/h3-4,7-8H,5-6,9H2,1H3. The van der Waals surface area contributed by atoms with Crippen molar-refractivity contribution in [3.8, 4) is 5.75 Å². The average molecular weight is 177 g/mol. The summed E-state index contributed by atoms with van der Waals surface area (Å²) in [6, 6.07) is 10.2. The summed E-state index contributed by atoms with van der Waals surface area (Å²) in [7, 11) is 0. The molecule has 0 heterocycles. The highest BCUT2D eigenvalue weighted by atomic mass is 16.5. The summed E-state index contributed by atoms with van der Waals surface area (Å²) in [5, 5.41) is 0. The highest BCUT2D eigenvalue weighted by molar-refractivity contribution is 5.75. The Labute approximate surface area is 78.5 Å². The SMILES string of the molecule is CC(=O)CCCOc1cc[c]cc1. The molecule has 2 heteroatoms. The smallest absolute Gasteiger partial charge is 0.129 e. The monoisotopic (exact) mass is 177 g/mol. The second-order valence-electron chi connectivity index (χ2n) is 2.89. The molecule has 0 spiro atoms. The maximum atomic E-state index is 10.6. The third kappa shape index (κ3) is 4.31. The van der Waals surface area contributed by atoms with Crippen LogP contribution in [0.15, 0.2) is 24.3 Å². The van der Waals surface area contributed by atoms with Gasteiger partial charge in [0.05, 0.1) is 6.61 Å². The van der Waals surface area contributed by atoms with Crippen LogP contribution in [0.25, 0.3) is 0 Å². The van der Waals surface area contributed by atoms with Gasteiger partial charge in [-0.2, -0.15) is 0 Å². The Kier molecular flexibility index (Phi) is 4.03. The quantitative estimate of drug-likeness (QED) is 0.645. The highest BCUT2D eigenvalue weighted by Gasteiger charge is 1.94. The molecule has 0 saturated carbocycles. The van der Waals surface area contributed by atoms with Crippen molar-refractivity contribution in [1.29, 1.82) is 0 Å². The van der Waals surface area contributed by atoms with E-state index in [1.165, 1.54) is 0 Å². The lowest BCUT2D eigenvalue weighted by atomic mass is 10.2. The average Bonchev–Trinajstić information content (AvgIpc) is 2.14. The van der Waals surface area contributed by atoms with Crippen LogP contribution in [0.3, 0.4) is 0 Å². The first kappa shape index (κ1) is 9.78. The molecule has 2 nitrogen and oxygen atoms in total. The topological polar surface area (TPSA) is 26.3 Å². The molecular weight excluding hydrogens is 164 g/mol. The van der Waals surface area contributed by atoms with Crippen LogP contribution in [-0.4, -0.2) is 12.4 Å². The van der Waals surface area contributed by atoms with Gasteiger partial charge < -0.3 is 9.53 Å². The molecule has 1 rings (SSSR count). The zero-order chi connectivity index (χ0) is 9.52. The molecule has 0 aliphatic heterocycles. The molecule has 1 aromatic carbocycles. The largest absolute Gasteiger partial charge is 0.494 e. The fourth-order valence-corrected chi connectivity index (χ4v) is 0.979. The van der Waals surface area contributed by atoms with Crippen LogP contribution in [0.5, 0.6) is 5.75 Å². The van der Waals surface area contributed by atoms with Crippen LogP contribution in [0.4, 0.5) is 0 Å². The van der Waals surface area contributed by atoms with Crippen molar-refractivity contribution in [2.45, 2.75) is 19.8 Å². The number of hydrogen-bond acceptors (Lipinski definition) is 2. The van der Waals surface area contributed by atoms with E-state index in [0.29, 0.717) is 13.0 Å². The number of Topliss-reactive ketones (excluding diaryl/α,β-unsaturated/α-hetero) is 1. The van der Waals surface area contributed by atoms with E-state index in [1.54, 1.807) is 19.1 Å². The van der Waals surface area contributed by atoms with Crippen molar-refractivity contribution in [3.05, 3.63) is 30.3 Å². The minimum Gasteiger partial charge on any atom is -0.494 e. The summed E-state index contributed by atoms with van der Waals surface area (Å²) < 4.78 is 5.38. The fourth-order valence-electron chi connectivity index (χ4n) is 0.979. The van der Waals surface area contributed by atoms with Gasteiger partial charge in [-0.25, -0.2) is 0 Å². The van der Waals surface area contributed by atoms with Crippen molar-refractivity contribution in [1.82, 2.24) is 0 Å². The molecule has 69 valence electrons. The Bertz CT molecular complexity index is 254. The van der Waals surface area contributed by atoms with Gasteiger partial charge in [-0.05, 0) is 31.5 Å². The van der Waals surface area contributed by atoms with Gasteiger partial charge in [-0.15, -0.1) is 0 Å².